The van der Waals surface area contributed by atoms with E-state index in [-0.39, 0.29) is 0 Å². The van der Waals surface area contributed by atoms with Gasteiger partial charge in [0.15, 0.2) is 5.82 Å². The lowest BCUT2D eigenvalue weighted by atomic mass is 10.1. The maximum atomic E-state index is 4.17. The Morgan fingerprint density at radius 3 is 2.65 bits per heavy atom. The number of benzene rings is 1. The van der Waals surface area contributed by atoms with E-state index in [2.05, 4.69) is 65.6 Å². The largest absolute Gasteiger partial charge is 0.292 e. The molecular formula is C15H21N5. The zero-order valence-electron chi connectivity index (χ0n) is 12.3. The van der Waals surface area contributed by atoms with Crippen molar-refractivity contribution in [3.63, 3.8) is 0 Å². The van der Waals surface area contributed by atoms with Gasteiger partial charge in [-0.2, -0.15) is 0 Å². The quantitative estimate of drug-likeness (QED) is 0.838. The molecule has 1 atom stereocenters. The maximum absolute atomic E-state index is 4.17. The van der Waals surface area contributed by atoms with Crippen LogP contribution in [0.5, 0.6) is 0 Å². The third-order valence-corrected chi connectivity index (χ3v) is 4.07. The molecule has 1 aromatic carbocycles. The molecular weight excluding hydrogens is 250 g/mol. The first-order valence-electron chi connectivity index (χ1n) is 7.18. The smallest absolute Gasteiger partial charge is 0.165 e. The molecule has 1 fully saturated rings. The van der Waals surface area contributed by atoms with Crippen molar-refractivity contribution in [1.29, 1.82) is 0 Å². The number of aromatic nitrogens is 4. The van der Waals surface area contributed by atoms with Gasteiger partial charge in [0.05, 0.1) is 12.6 Å². The second-order valence-electron chi connectivity index (χ2n) is 5.77. The summed E-state index contributed by atoms with van der Waals surface area (Å²) < 4.78 is 1.98. The summed E-state index contributed by atoms with van der Waals surface area (Å²) in [6, 6.07) is 9.59. The van der Waals surface area contributed by atoms with Crippen LogP contribution in [0.3, 0.4) is 0 Å². The summed E-state index contributed by atoms with van der Waals surface area (Å²) >= 11 is 0. The number of hydrogen-bond donors (Lipinski definition) is 0. The van der Waals surface area contributed by atoms with Gasteiger partial charge in [-0.3, -0.25) is 4.90 Å². The molecule has 1 saturated carbocycles. The van der Waals surface area contributed by atoms with Crippen molar-refractivity contribution in [2.24, 2.45) is 0 Å². The molecule has 20 heavy (non-hydrogen) atoms. The van der Waals surface area contributed by atoms with E-state index in [0.29, 0.717) is 12.1 Å². The standard InChI is InChI=1S/C15H21N5/c1-11-4-6-13(7-5-11)12(2)19(3)10-15-16-17-18-20(15)14-8-9-14/h4-7,12,14H,8-10H2,1-3H3/t12-/m0/s1. The first kappa shape index (κ1) is 13.2. The van der Waals surface area contributed by atoms with Gasteiger partial charge >= 0.3 is 0 Å². The highest BCUT2D eigenvalue weighted by Gasteiger charge is 2.28. The van der Waals surface area contributed by atoms with Gasteiger partial charge in [-0.05, 0) is 49.7 Å². The normalized spacial score (nSPS) is 16.6. The number of tetrazole rings is 1. The first-order valence-corrected chi connectivity index (χ1v) is 7.18. The van der Waals surface area contributed by atoms with Crippen molar-refractivity contribution in [2.45, 2.75) is 45.3 Å². The predicted octanol–water partition coefficient (Wildman–Crippen LogP) is 2.51. The SMILES string of the molecule is Cc1ccc([C@H](C)N(C)Cc2nnnn2C2CC2)cc1. The van der Waals surface area contributed by atoms with Crippen LogP contribution in [0.4, 0.5) is 0 Å². The third-order valence-electron chi connectivity index (χ3n) is 4.07. The Morgan fingerprint density at radius 2 is 2.00 bits per heavy atom. The summed E-state index contributed by atoms with van der Waals surface area (Å²) in [4.78, 5) is 2.29. The Hall–Kier alpha value is -1.75. The summed E-state index contributed by atoms with van der Waals surface area (Å²) in [5, 5.41) is 12.1. The highest BCUT2D eigenvalue weighted by Crippen LogP contribution is 2.34. The Morgan fingerprint density at radius 1 is 1.30 bits per heavy atom. The average Bonchev–Trinajstić information content (AvgIpc) is 3.19. The van der Waals surface area contributed by atoms with Gasteiger partial charge in [0.2, 0.25) is 0 Å². The maximum Gasteiger partial charge on any atom is 0.165 e. The van der Waals surface area contributed by atoms with E-state index < -0.39 is 0 Å². The molecule has 0 amide bonds. The van der Waals surface area contributed by atoms with E-state index >= 15 is 0 Å². The van der Waals surface area contributed by atoms with Gasteiger partial charge in [0.1, 0.15) is 0 Å². The molecule has 5 nitrogen and oxygen atoms in total. The van der Waals surface area contributed by atoms with Crippen LogP contribution in [0.25, 0.3) is 0 Å². The lowest BCUT2D eigenvalue weighted by molar-refractivity contribution is 0.241. The van der Waals surface area contributed by atoms with E-state index in [1.165, 1.54) is 24.0 Å². The van der Waals surface area contributed by atoms with E-state index in [0.717, 1.165) is 12.4 Å². The van der Waals surface area contributed by atoms with Crippen molar-refractivity contribution < 1.29 is 0 Å². The zero-order chi connectivity index (χ0) is 14.1. The van der Waals surface area contributed by atoms with Gasteiger partial charge in [0, 0.05) is 6.04 Å². The molecule has 0 radical (unpaired) electrons. The lowest BCUT2D eigenvalue weighted by Gasteiger charge is -2.24. The Kier molecular flexibility index (Phi) is 3.53. The van der Waals surface area contributed by atoms with Crippen molar-refractivity contribution in [1.82, 2.24) is 25.1 Å². The molecule has 0 bridgehead atoms. The minimum Gasteiger partial charge on any atom is -0.292 e. The van der Waals surface area contributed by atoms with Gasteiger partial charge < -0.3 is 0 Å². The minimum absolute atomic E-state index is 0.347. The van der Waals surface area contributed by atoms with Crippen LogP contribution < -0.4 is 0 Å². The molecule has 5 heteroatoms. The van der Waals surface area contributed by atoms with Gasteiger partial charge in [0.25, 0.3) is 0 Å². The van der Waals surface area contributed by atoms with Gasteiger partial charge in [-0.15, -0.1) is 5.10 Å². The third kappa shape index (κ3) is 2.72. The monoisotopic (exact) mass is 271 g/mol. The molecule has 3 rings (SSSR count). The average molecular weight is 271 g/mol. The molecule has 2 aromatic rings. The molecule has 106 valence electrons. The Bertz CT molecular complexity index is 570. The predicted molar refractivity (Wildman–Crippen MR) is 77.1 cm³/mol. The fourth-order valence-electron chi connectivity index (χ4n) is 2.38. The van der Waals surface area contributed by atoms with Crippen molar-refractivity contribution in [2.75, 3.05) is 7.05 Å². The Labute approximate surface area is 119 Å². The van der Waals surface area contributed by atoms with Crippen molar-refractivity contribution >= 4 is 0 Å². The second-order valence-corrected chi connectivity index (χ2v) is 5.77. The molecule has 1 heterocycles. The number of nitrogens with zero attached hydrogens (tertiary/aromatic N) is 5. The summed E-state index contributed by atoms with van der Waals surface area (Å²) in [5.74, 6) is 0.967. The number of rotatable bonds is 5. The molecule has 1 aromatic heterocycles. The van der Waals surface area contributed by atoms with Crippen LogP contribution in [0.2, 0.25) is 0 Å². The van der Waals surface area contributed by atoms with Crippen LogP contribution in [0.1, 0.15) is 48.8 Å². The summed E-state index contributed by atoms with van der Waals surface area (Å²) in [5.41, 5.74) is 2.62. The van der Waals surface area contributed by atoms with Crippen molar-refractivity contribution in [3.05, 3.63) is 41.2 Å². The van der Waals surface area contributed by atoms with Gasteiger partial charge in [-0.1, -0.05) is 29.8 Å². The van der Waals surface area contributed by atoms with Crippen LogP contribution in [0, 0.1) is 6.92 Å². The molecule has 0 spiro atoms. The topological polar surface area (TPSA) is 46.8 Å². The van der Waals surface area contributed by atoms with Crippen LogP contribution in [0.15, 0.2) is 24.3 Å². The zero-order valence-corrected chi connectivity index (χ0v) is 12.3. The number of hydrogen-bond acceptors (Lipinski definition) is 4. The minimum atomic E-state index is 0.347. The van der Waals surface area contributed by atoms with E-state index in [9.17, 15) is 0 Å². The van der Waals surface area contributed by atoms with Crippen LogP contribution in [-0.4, -0.2) is 32.2 Å². The molecule has 0 saturated heterocycles. The molecule has 0 aliphatic heterocycles. The fourth-order valence-corrected chi connectivity index (χ4v) is 2.38. The highest BCUT2D eigenvalue weighted by atomic mass is 15.6. The summed E-state index contributed by atoms with van der Waals surface area (Å²) in [7, 11) is 2.12. The summed E-state index contributed by atoms with van der Waals surface area (Å²) in [6.07, 6.45) is 2.41. The number of aryl methyl sites for hydroxylation is 1. The van der Waals surface area contributed by atoms with E-state index in [1.54, 1.807) is 0 Å². The van der Waals surface area contributed by atoms with E-state index in [1.807, 2.05) is 4.68 Å². The molecule has 1 aliphatic carbocycles. The first-order chi connectivity index (χ1) is 9.65. The fraction of sp³-hybridized carbons (Fsp3) is 0.533. The van der Waals surface area contributed by atoms with Gasteiger partial charge in [-0.25, -0.2) is 4.68 Å². The van der Waals surface area contributed by atoms with Crippen LogP contribution >= 0.6 is 0 Å². The summed E-state index contributed by atoms with van der Waals surface area (Å²) in [6.45, 7) is 5.11. The second kappa shape index (κ2) is 5.32. The lowest BCUT2D eigenvalue weighted by Crippen LogP contribution is -2.24. The van der Waals surface area contributed by atoms with Crippen LogP contribution in [-0.2, 0) is 6.54 Å². The van der Waals surface area contributed by atoms with E-state index in [4.69, 9.17) is 0 Å². The Balaban J connectivity index is 1.70. The highest BCUT2D eigenvalue weighted by molar-refractivity contribution is 5.23. The van der Waals surface area contributed by atoms with Crippen molar-refractivity contribution in [3.8, 4) is 0 Å². The molecule has 1 aliphatic rings. The molecule has 0 unspecified atom stereocenters. The molecule has 0 N–H and O–H groups in total.